The Hall–Kier alpha value is -1.14. The third kappa shape index (κ3) is 4.45. The van der Waals surface area contributed by atoms with Crippen LogP contribution >= 0.6 is 34.5 Å². The monoisotopic (exact) mass is 329 g/mol. The fraction of sp³-hybridized carbons (Fsp3) is 0.231. The maximum absolute atomic E-state index is 11.8. The first-order valence-electron chi connectivity index (χ1n) is 5.86. The number of benzene rings is 1. The van der Waals surface area contributed by atoms with E-state index in [4.69, 9.17) is 23.2 Å². The molecule has 0 radical (unpaired) electrons. The van der Waals surface area contributed by atoms with Crippen LogP contribution in [0.3, 0.4) is 0 Å². The third-order valence-corrected chi connectivity index (χ3v) is 3.96. The Morgan fingerprint density at radius 3 is 2.85 bits per heavy atom. The molecule has 0 atom stereocenters. The number of nitrogens with one attached hydrogen (secondary N) is 1. The molecule has 1 aromatic heterocycles. The van der Waals surface area contributed by atoms with Gasteiger partial charge in [0.25, 0.3) is 0 Å². The Balaban J connectivity index is 1.86. The highest BCUT2D eigenvalue weighted by atomic mass is 35.5. The van der Waals surface area contributed by atoms with Crippen LogP contribution in [0.1, 0.15) is 5.56 Å². The second kappa shape index (κ2) is 7.04. The van der Waals surface area contributed by atoms with Gasteiger partial charge in [0.1, 0.15) is 0 Å². The number of rotatable bonds is 5. The summed E-state index contributed by atoms with van der Waals surface area (Å²) >= 11 is 13.2. The molecule has 0 unspecified atom stereocenters. The standard InChI is InChI=1S/C13H13Cl2N3OS/c1-18(7-9-2-3-10(14)11(15)6-9)8-12(19)17-13-16-4-5-20-13/h2-6H,7-8H2,1H3,(H,16,17,19). The van der Waals surface area contributed by atoms with Gasteiger partial charge in [-0.1, -0.05) is 29.3 Å². The van der Waals surface area contributed by atoms with Crippen molar-refractivity contribution in [3.63, 3.8) is 0 Å². The van der Waals surface area contributed by atoms with Crippen LogP contribution in [0.4, 0.5) is 5.13 Å². The maximum atomic E-state index is 11.8. The highest BCUT2D eigenvalue weighted by Crippen LogP contribution is 2.23. The van der Waals surface area contributed by atoms with Crippen molar-refractivity contribution in [2.24, 2.45) is 0 Å². The molecular formula is C13H13Cl2N3OS. The predicted molar refractivity (Wildman–Crippen MR) is 83.5 cm³/mol. The fourth-order valence-electron chi connectivity index (χ4n) is 1.69. The van der Waals surface area contributed by atoms with E-state index in [0.29, 0.717) is 21.7 Å². The van der Waals surface area contributed by atoms with Gasteiger partial charge in [-0.25, -0.2) is 4.98 Å². The summed E-state index contributed by atoms with van der Waals surface area (Å²) < 4.78 is 0. The van der Waals surface area contributed by atoms with E-state index in [-0.39, 0.29) is 12.5 Å². The lowest BCUT2D eigenvalue weighted by Crippen LogP contribution is -2.29. The van der Waals surface area contributed by atoms with Crippen LogP contribution in [0.2, 0.25) is 10.0 Å². The van der Waals surface area contributed by atoms with E-state index in [1.165, 1.54) is 11.3 Å². The first-order chi connectivity index (χ1) is 9.54. The average molecular weight is 330 g/mol. The number of thiazole rings is 1. The molecule has 7 heteroatoms. The van der Waals surface area contributed by atoms with Gasteiger partial charge in [0.2, 0.25) is 5.91 Å². The maximum Gasteiger partial charge on any atom is 0.240 e. The molecule has 20 heavy (non-hydrogen) atoms. The summed E-state index contributed by atoms with van der Waals surface area (Å²) in [4.78, 5) is 17.7. The van der Waals surface area contributed by atoms with Crippen LogP contribution in [0, 0.1) is 0 Å². The molecule has 0 fully saturated rings. The van der Waals surface area contributed by atoms with Gasteiger partial charge < -0.3 is 5.32 Å². The topological polar surface area (TPSA) is 45.2 Å². The summed E-state index contributed by atoms with van der Waals surface area (Å²) in [6.07, 6.45) is 1.65. The fourth-order valence-corrected chi connectivity index (χ4v) is 2.56. The Morgan fingerprint density at radius 1 is 1.40 bits per heavy atom. The van der Waals surface area contributed by atoms with Gasteiger partial charge in [0, 0.05) is 18.1 Å². The summed E-state index contributed by atoms with van der Waals surface area (Å²) in [6, 6.07) is 5.45. The Morgan fingerprint density at radius 2 is 2.20 bits per heavy atom. The Kier molecular flexibility index (Phi) is 5.37. The molecule has 4 nitrogen and oxygen atoms in total. The second-order valence-electron chi connectivity index (χ2n) is 4.31. The summed E-state index contributed by atoms with van der Waals surface area (Å²) in [6.45, 7) is 0.891. The number of likely N-dealkylation sites (N-methyl/N-ethyl adjacent to an activating group) is 1. The van der Waals surface area contributed by atoms with Crippen molar-refractivity contribution < 1.29 is 4.79 Å². The van der Waals surface area contributed by atoms with E-state index in [1.54, 1.807) is 18.3 Å². The van der Waals surface area contributed by atoms with Crippen molar-refractivity contribution in [3.05, 3.63) is 45.4 Å². The normalized spacial score (nSPS) is 10.8. The van der Waals surface area contributed by atoms with E-state index >= 15 is 0 Å². The minimum atomic E-state index is -0.0949. The first kappa shape index (κ1) is 15.3. The summed E-state index contributed by atoms with van der Waals surface area (Å²) in [5, 5.41) is 6.21. The number of amides is 1. The lowest BCUT2D eigenvalue weighted by atomic mass is 10.2. The smallest absolute Gasteiger partial charge is 0.240 e. The molecule has 0 spiro atoms. The molecule has 0 aliphatic carbocycles. The summed E-state index contributed by atoms with van der Waals surface area (Å²) in [5.74, 6) is -0.0949. The van der Waals surface area contributed by atoms with Crippen LogP contribution in [0.5, 0.6) is 0 Å². The number of aromatic nitrogens is 1. The Bertz CT molecular complexity index is 589. The highest BCUT2D eigenvalue weighted by molar-refractivity contribution is 7.13. The van der Waals surface area contributed by atoms with Gasteiger partial charge in [-0.05, 0) is 24.7 Å². The van der Waals surface area contributed by atoms with E-state index in [0.717, 1.165) is 5.56 Å². The number of halogens is 2. The van der Waals surface area contributed by atoms with Crippen LogP contribution in [0.25, 0.3) is 0 Å². The van der Waals surface area contributed by atoms with Crippen LogP contribution in [-0.4, -0.2) is 29.4 Å². The van der Waals surface area contributed by atoms with E-state index < -0.39 is 0 Å². The number of carbonyl (C=O) groups excluding carboxylic acids is 1. The number of anilines is 1. The Labute approximate surface area is 131 Å². The quantitative estimate of drug-likeness (QED) is 0.912. The molecular weight excluding hydrogens is 317 g/mol. The van der Waals surface area contributed by atoms with Crippen molar-refractivity contribution >= 4 is 45.6 Å². The van der Waals surface area contributed by atoms with Crippen molar-refractivity contribution in [3.8, 4) is 0 Å². The van der Waals surface area contributed by atoms with Crippen molar-refractivity contribution in [1.82, 2.24) is 9.88 Å². The third-order valence-electron chi connectivity index (χ3n) is 2.53. The zero-order chi connectivity index (χ0) is 14.5. The molecule has 0 aliphatic heterocycles. The molecule has 2 aromatic rings. The van der Waals surface area contributed by atoms with Gasteiger partial charge in [-0.2, -0.15) is 0 Å². The molecule has 0 aliphatic rings. The molecule has 1 heterocycles. The molecule has 1 amide bonds. The zero-order valence-corrected chi connectivity index (χ0v) is 13.1. The highest BCUT2D eigenvalue weighted by Gasteiger charge is 2.09. The molecule has 0 saturated carbocycles. The van der Waals surface area contributed by atoms with E-state index in [2.05, 4.69) is 10.3 Å². The SMILES string of the molecule is CN(CC(=O)Nc1nccs1)Cc1ccc(Cl)c(Cl)c1. The van der Waals surface area contributed by atoms with Crippen LogP contribution < -0.4 is 5.32 Å². The number of nitrogens with zero attached hydrogens (tertiary/aromatic N) is 2. The molecule has 1 N–H and O–H groups in total. The number of carbonyl (C=O) groups is 1. The molecule has 0 saturated heterocycles. The minimum absolute atomic E-state index is 0.0949. The van der Waals surface area contributed by atoms with Gasteiger partial charge in [0.15, 0.2) is 5.13 Å². The minimum Gasteiger partial charge on any atom is -0.301 e. The van der Waals surface area contributed by atoms with Crippen LogP contribution in [0.15, 0.2) is 29.8 Å². The average Bonchev–Trinajstić information content (AvgIpc) is 2.86. The predicted octanol–water partition coefficient (Wildman–Crippen LogP) is 3.52. The van der Waals surface area contributed by atoms with Crippen molar-refractivity contribution in [2.45, 2.75) is 6.54 Å². The molecule has 0 bridgehead atoms. The summed E-state index contributed by atoms with van der Waals surface area (Å²) in [5.41, 5.74) is 1.00. The first-order valence-corrected chi connectivity index (χ1v) is 7.50. The van der Waals surface area contributed by atoms with Crippen LogP contribution in [-0.2, 0) is 11.3 Å². The lowest BCUT2D eigenvalue weighted by Gasteiger charge is -2.16. The zero-order valence-electron chi connectivity index (χ0n) is 10.8. The summed E-state index contributed by atoms with van der Waals surface area (Å²) in [7, 11) is 1.87. The largest absolute Gasteiger partial charge is 0.301 e. The molecule has 106 valence electrons. The van der Waals surface area contributed by atoms with E-state index in [9.17, 15) is 4.79 Å². The molecule has 1 aromatic carbocycles. The second-order valence-corrected chi connectivity index (χ2v) is 6.02. The van der Waals surface area contributed by atoms with Gasteiger partial charge in [0.05, 0.1) is 16.6 Å². The number of hydrogen-bond donors (Lipinski definition) is 1. The van der Waals surface area contributed by atoms with E-state index in [1.807, 2.05) is 23.4 Å². The number of hydrogen-bond acceptors (Lipinski definition) is 4. The lowest BCUT2D eigenvalue weighted by molar-refractivity contribution is -0.117. The van der Waals surface area contributed by atoms with Crippen molar-refractivity contribution in [2.75, 3.05) is 18.9 Å². The van der Waals surface area contributed by atoms with Gasteiger partial charge >= 0.3 is 0 Å². The van der Waals surface area contributed by atoms with Gasteiger partial charge in [-0.15, -0.1) is 11.3 Å². The van der Waals surface area contributed by atoms with Crippen molar-refractivity contribution in [1.29, 1.82) is 0 Å². The van der Waals surface area contributed by atoms with Gasteiger partial charge in [-0.3, -0.25) is 9.69 Å². The molecule has 2 rings (SSSR count).